The number of benzene rings is 4. The average molecular weight is 780 g/mol. The smallest absolute Gasteiger partial charge is 0.408 e. The van der Waals surface area contributed by atoms with E-state index in [9.17, 15) is 29.1 Å². The number of ether oxygens (including phenoxy) is 3. The molecule has 0 aliphatic rings. The number of hydrogen-bond acceptors (Lipinski definition) is 8. The Kier molecular flexibility index (Phi) is 13.8. The SMILES string of the molecule is COc1ccc(CCNC(=O)[C@@H](CC(=O)O)NC(=O)[C@@H](Cc2ccc3ccccc3c2)NC(=O)[C@H](Cc2c[nH]c3ccccc23)NC(=O)OC(C)(C)C)cc1OC. The second kappa shape index (κ2) is 18.8. The third-order valence-corrected chi connectivity index (χ3v) is 9.17. The molecule has 14 nitrogen and oxygen atoms in total. The second-order valence-corrected chi connectivity index (χ2v) is 14.6. The average Bonchev–Trinajstić information content (AvgIpc) is 3.58. The van der Waals surface area contributed by atoms with Gasteiger partial charge in [-0.1, -0.05) is 66.7 Å². The molecule has 6 N–H and O–H groups in total. The van der Waals surface area contributed by atoms with Crippen molar-refractivity contribution in [2.45, 2.75) is 70.2 Å². The number of carbonyl (C=O) groups is 5. The summed E-state index contributed by atoms with van der Waals surface area (Å²) < 4.78 is 16.1. The zero-order valence-electron chi connectivity index (χ0n) is 32.6. The summed E-state index contributed by atoms with van der Waals surface area (Å²) in [5.41, 5.74) is 2.24. The number of rotatable bonds is 17. The van der Waals surface area contributed by atoms with Crippen LogP contribution in [0.5, 0.6) is 11.5 Å². The molecule has 0 saturated carbocycles. The van der Waals surface area contributed by atoms with Gasteiger partial charge in [-0.15, -0.1) is 0 Å². The van der Waals surface area contributed by atoms with Crippen molar-refractivity contribution in [1.82, 2.24) is 26.3 Å². The quantitative estimate of drug-likeness (QED) is 0.0767. The number of carbonyl (C=O) groups excluding carboxylic acids is 4. The highest BCUT2D eigenvalue weighted by atomic mass is 16.6. The van der Waals surface area contributed by atoms with E-state index >= 15 is 0 Å². The van der Waals surface area contributed by atoms with Crippen LogP contribution in [0.2, 0.25) is 0 Å². The lowest BCUT2D eigenvalue weighted by atomic mass is 9.99. The topological polar surface area (TPSA) is 197 Å². The molecule has 0 unspecified atom stereocenters. The van der Waals surface area contributed by atoms with Gasteiger partial charge >= 0.3 is 12.1 Å². The number of aromatic nitrogens is 1. The number of H-pyrrole nitrogens is 1. The summed E-state index contributed by atoms with van der Waals surface area (Å²) in [6.45, 7) is 5.23. The predicted molar refractivity (Wildman–Crippen MR) is 215 cm³/mol. The van der Waals surface area contributed by atoms with Gasteiger partial charge in [-0.25, -0.2) is 4.79 Å². The molecule has 0 radical (unpaired) electrons. The number of para-hydroxylation sites is 1. The van der Waals surface area contributed by atoms with E-state index in [1.165, 1.54) is 14.2 Å². The number of fused-ring (bicyclic) bond motifs is 2. The third kappa shape index (κ3) is 11.7. The Balaban J connectivity index is 1.38. The fourth-order valence-corrected chi connectivity index (χ4v) is 6.41. The molecule has 0 aliphatic heterocycles. The van der Waals surface area contributed by atoms with Crippen molar-refractivity contribution in [2.75, 3.05) is 20.8 Å². The molecule has 3 atom stereocenters. The van der Waals surface area contributed by atoms with E-state index in [4.69, 9.17) is 14.2 Å². The van der Waals surface area contributed by atoms with Crippen molar-refractivity contribution >= 4 is 51.5 Å². The molecule has 1 heterocycles. The Morgan fingerprint density at radius 1 is 0.702 bits per heavy atom. The van der Waals surface area contributed by atoms with Gasteiger partial charge in [0.05, 0.1) is 20.6 Å². The number of nitrogens with one attached hydrogen (secondary N) is 5. The molecule has 0 spiro atoms. The first-order valence-corrected chi connectivity index (χ1v) is 18.6. The highest BCUT2D eigenvalue weighted by Crippen LogP contribution is 2.27. The van der Waals surface area contributed by atoms with Crippen LogP contribution in [0.1, 0.15) is 43.9 Å². The molecular weight excluding hydrogens is 730 g/mol. The number of alkyl carbamates (subject to hydrolysis) is 1. The molecule has 0 bridgehead atoms. The number of amides is 4. The number of aromatic amines is 1. The van der Waals surface area contributed by atoms with Crippen LogP contribution in [0, 0.1) is 0 Å². The zero-order valence-corrected chi connectivity index (χ0v) is 32.6. The second-order valence-electron chi connectivity index (χ2n) is 14.6. The zero-order chi connectivity index (χ0) is 41.1. The summed E-state index contributed by atoms with van der Waals surface area (Å²) in [7, 11) is 3.04. The van der Waals surface area contributed by atoms with E-state index in [1.54, 1.807) is 39.1 Å². The van der Waals surface area contributed by atoms with Gasteiger partial charge in [0, 0.05) is 36.5 Å². The number of carboxylic acids is 1. The summed E-state index contributed by atoms with van der Waals surface area (Å²) in [6.07, 6.45) is 0.612. The first kappa shape index (κ1) is 41.6. The van der Waals surface area contributed by atoms with E-state index in [0.717, 1.165) is 32.8 Å². The van der Waals surface area contributed by atoms with Crippen LogP contribution in [0.3, 0.4) is 0 Å². The van der Waals surface area contributed by atoms with Crippen LogP contribution >= 0.6 is 0 Å². The Hall–Kier alpha value is -6.57. The van der Waals surface area contributed by atoms with Gasteiger partial charge in [-0.05, 0) is 72.9 Å². The van der Waals surface area contributed by atoms with Gasteiger partial charge in [0.25, 0.3) is 0 Å². The largest absolute Gasteiger partial charge is 0.493 e. The molecule has 4 aromatic carbocycles. The molecule has 14 heteroatoms. The molecule has 0 fully saturated rings. The van der Waals surface area contributed by atoms with Crippen LogP contribution < -0.4 is 30.7 Å². The number of carboxylic acid groups (broad SMARTS) is 1. The maximum absolute atomic E-state index is 14.2. The van der Waals surface area contributed by atoms with Gasteiger partial charge in [-0.2, -0.15) is 0 Å². The van der Waals surface area contributed by atoms with Crippen LogP contribution in [0.25, 0.3) is 21.7 Å². The van der Waals surface area contributed by atoms with Crippen molar-refractivity contribution in [3.8, 4) is 11.5 Å². The maximum Gasteiger partial charge on any atom is 0.408 e. The Morgan fingerprint density at radius 3 is 2.05 bits per heavy atom. The van der Waals surface area contributed by atoms with Gasteiger partial charge in [0.15, 0.2) is 11.5 Å². The summed E-state index contributed by atoms with van der Waals surface area (Å²) in [4.78, 5) is 70.0. The van der Waals surface area contributed by atoms with Gasteiger partial charge < -0.3 is 45.6 Å². The standard InChI is InChI=1S/C43H49N5O9/c1-43(2,3)57-42(54)48-34(23-30-25-45-32-13-9-8-12-31(30)32)41(53)46-33(21-27-14-16-28-10-6-7-11-29(28)20-27)40(52)47-35(24-38(49)50)39(51)44-19-18-26-15-17-36(55-4)37(22-26)56-5/h6-17,20,22,25,33-35,45H,18-19,21,23-24H2,1-5H3,(H,44,51)(H,46,53)(H,47,52)(H,48,54)(H,49,50)/t33-,34+,35-/m1/s1. The highest BCUT2D eigenvalue weighted by molar-refractivity contribution is 5.96. The lowest BCUT2D eigenvalue weighted by Crippen LogP contribution is -2.58. The minimum Gasteiger partial charge on any atom is -0.493 e. The van der Waals surface area contributed by atoms with Gasteiger partial charge in [-0.3, -0.25) is 19.2 Å². The molecule has 4 amide bonds. The van der Waals surface area contributed by atoms with Crippen LogP contribution in [-0.2, 0) is 43.2 Å². The van der Waals surface area contributed by atoms with Crippen molar-refractivity contribution < 1.29 is 43.3 Å². The van der Waals surface area contributed by atoms with Crippen LogP contribution in [0.15, 0.2) is 91.1 Å². The number of methoxy groups -OCH3 is 2. The van der Waals surface area contributed by atoms with Crippen molar-refractivity contribution in [3.63, 3.8) is 0 Å². The molecule has 5 rings (SSSR count). The Bertz CT molecular complexity index is 2230. The number of hydrogen-bond donors (Lipinski definition) is 6. The first-order valence-electron chi connectivity index (χ1n) is 18.6. The van der Waals surface area contributed by atoms with Crippen LogP contribution in [-0.4, -0.2) is 84.4 Å². The normalized spacial score (nSPS) is 12.9. The minimum absolute atomic E-state index is 0.0185. The lowest BCUT2D eigenvalue weighted by molar-refractivity contribution is -0.141. The summed E-state index contributed by atoms with van der Waals surface area (Å²) in [5, 5.41) is 23.2. The minimum atomic E-state index is -1.47. The van der Waals surface area contributed by atoms with E-state index in [-0.39, 0.29) is 19.4 Å². The van der Waals surface area contributed by atoms with E-state index < -0.39 is 59.9 Å². The molecule has 57 heavy (non-hydrogen) atoms. The molecule has 0 aliphatic carbocycles. The molecule has 1 aromatic heterocycles. The summed E-state index contributed by atoms with van der Waals surface area (Å²) in [6, 6.07) is 22.1. The monoisotopic (exact) mass is 779 g/mol. The van der Waals surface area contributed by atoms with Crippen molar-refractivity contribution in [3.05, 3.63) is 108 Å². The first-order chi connectivity index (χ1) is 27.2. The Morgan fingerprint density at radius 2 is 1.35 bits per heavy atom. The van der Waals surface area contributed by atoms with Gasteiger partial charge in [0.1, 0.15) is 23.7 Å². The van der Waals surface area contributed by atoms with E-state index in [0.29, 0.717) is 23.5 Å². The summed E-state index contributed by atoms with van der Waals surface area (Å²) >= 11 is 0. The fourth-order valence-electron chi connectivity index (χ4n) is 6.41. The van der Waals surface area contributed by atoms with Crippen molar-refractivity contribution in [1.29, 1.82) is 0 Å². The maximum atomic E-state index is 14.2. The summed E-state index contributed by atoms with van der Waals surface area (Å²) in [5.74, 6) is -2.45. The third-order valence-electron chi connectivity index (χ3n) is 9.17. The predicted octanol–water partition coefficient (Wildman–Crippen LogP) is 4.82. The fraction of sp³-hybridized carbons (Fsp3) is 0.326. The number of aliphatic carboxylic acids is 1. The van der Waals surface area contributed by atoms with E-state index in [1.807, 2.05) is 72.8 Å². The molecule has 300 valence electrons. The lowest BCUT2D eigenvalue weighted by Gasteiger charge is -2.26. The van der Waals surface area contributed by atoms with E-state index in [2.05, 4.69) is 26.3 Å². The Labute approximate surface area is 330 Å². The van der Waals surface area contributed by atoms with Crippen molar-refractivity contribution in [2.24, 2.45) is 0 Å². The van der Waals surface area contributed by atoms with Gasteiger partial charge in [0.2, 0.25) is 17.7 Å². The molecule has 0 saturated heterocycles. The highest BCUT2D eigenvalue weighted by Gasteiger charge is 2.32. The molecule has 5 aromatic rings. The van der Waals surface area contributed by atoms with Crippen LogP contribution in [0.4, 0.5) is 4.79 Å². The molecular formula is C43H49N5O9.